The van der Waals surface area contributed by atoms with Gasteiger partial charge in [0.1, 0.15) is 5.75 Å². The number of nitrogens with one attached hydrogen (secondary N) is 1. The van der Waals surface area contributed by atoms with E-state index in [4.69, 9.17) is 4.74 Å². The molecule has 17 heavy (non-hydrogen) atoms. The summed E-state index contributed by atoms with van der Waals surface area (Å²) in [5, 5.41) is 5.07. The number of halogens is 1. The summed E-state index contributed by atoms with van der Waals surface area (Å²) in [6.07, 6.45) is 1.64. The van der Waals surface area contributed by atoms with Crippen LogP contribution in [0.2, 0.25) is 0 Å². The molecule has 0 aliphatic heterocycles. The van der Waals surface area contributed by atoms with E-state index in [1.165, 1.54) is 18.4 Å². The minimum atomic E-state index is -0.232. The van der Waals surface area contributed by atoms with Crippen LogP contribution in [0.1, 0.15) is 10.4 Å². The molecular weight excluding hydrogens is 304 g/mol. The standard InChI is InChI=1S/C11H9BrN2O2S/c1-16-9-6-7(12)2-3-8(9)10(15)14-11-13-4-5-17-11/h2-6H,1H3,(H,13,14,15). The Hall–Kier alpha value is -1.40. The molecule has 0 saturated carbocycles. The van der Waals surface area contributed by atoms with Crippen LogP contribution in [0.3, 0.4) is 0 Å². The minimum absolute atomic E-state index is 0.232. The molecule has 0 bridgehead atoms. The summed E-state index contributed by atoms with van der Waals surface area (Å²) in [7, 11) is 1.53. The summed E-state index contributed by atoms with van der Waals surface area (Å²) < 4.78 is 6.02. The molecule has 1 heterocycles. The second kappa shape index (κ2) is 5.29. The molecule has 2 rings (SSSR count). The smallest absolute Gasteiger partial charge is 0.261 e. The predicted octanol–water partition coefficient (Wildman–Crippen LogP) is 3.17. The highest BCUT2D eigenvalue weighted by Gasteiger charge is 2.13. The zero-order chi connectivity index (χ0) is 12.3. The fraction of sp³-hybridized carbons (Fsp3) is 0.0909. The number of carbonyl (C=O) groups excluding carboxylic acids is 1. The van der Waals surface area contributed by atoms with Gasteiger partial charge in [-0.2, -0.15) is 0 Å². The van der Waals surface area contributed by atoms with Gasteiger partial charge in [-0.25, -0.2) is 4.98 Å². The molecular formula is C11H9BrN2O2S. The van der Waals surface area contributed by atoms with Crippen LogP contribution in [0.25, 0.3) is 0 Å². The fourth-order valence-electron chi connectivity index (χ4n) is 1.30. The van der Waals surface area contributed by atoms with Crippen LogP contribution in [0.15, 0.2) is 34.2 Å². The van der Waals surface area contributed by atoms with Crippen molar-refractivity contribution >= 4 is 38.3 Å². The fourth-order valence-corrected chi connectivity index (χ4v) is 2.17. The van der Waals surface area contributed by atoms with Gasteiger partial charge in [0.25, 0.3) is 5.91 Å². The maximum atomic E-state index is 12.0. The number of rotatable bonds is 3. The number of methoxy groups -OCH3 is 1. The molecule has 88 valence electrons. The average molecular weight is 313 g/mol. The molecule has 1 aromatic carbocycles. The maximum absolute atomic E-state index is 12.0. The number of nitrogens with zero attached hydrogens (tertiary/aromatic N) is 1. The van der Waals surface area contributed by atoms with Crippen LogP contribution in [0, 0.1) is 0 Å². The Bertz CT molecular complexity index is 528. The summed E-state index contributed by atoms with van der Waals surface area (Å²) >= 11 is 4.69. The maximum Gasteiger partial charge on any atom is 0.261 e. The van der Waals surface area contributed by atoms with Crippen molar-refractivity contribution in [2.45, 2.75) is 0 Å². The van der Waals surface area contributed by atoms with Crippen LogP contribution >= 0.6 is 27.3 Å². The van der Waals surface area contributed by atoms with Gasteiger partial charge in [-0.1, -0.05) is 15.9 Å². The van der Waals surface area contributed by atoms with E-state index < -0.39 is 0 Å². The van der Waals surface area contributed by atoms with Crippen LogP contribution < -0.4 is 10.1 Å². The third kappa shape index (κ3) is 2.83. The number of thiazole rings is 1. The van der Waals surface area contributed by atoms with Crippen LogP contribution in [-0.4, -0.2) is 18.0 Å². The summed E-state index contributed by atoms with van der Waals surface area (Å²) in [5.74, 6) is 0.290. The first-order valence-electron chi connectivity index (χ1n) is 4.75. The van der Waals surface area contributed by atoms with Gasteiger partial charge in [0, 0.05) is 16.0 Å². The first-order valence-corrected chi connectivity index (χ1v) is 6.42. The van der Waals surface area contributed by atoms with E-state index in [1.807, 2.05) is 0 Å². The van der Waals surface area contributed by atoms with Gasteiger partial charge in [-0.05, 0) is 18.2 Å². The van der Waals surface area contributed by atoms with Crippen molar-refractivity contribution in [3.05, 3.63) is 39.8 Å². The largest absolute Gasteiger partial charge is 0.496 e. The van der Waals surface area contributed by atoms with E-state index in [0.29, 0.717) is 16.4 Å². The van der Waals surface area contributed by atoms with Gasteiger partial charge in [-0.3, -0.25) is 10.1 Å². The van der Waals surface area contributed by atoms with E-state index in [1.54, 1.807) is 29.8 Å². The lowest BCUT2D eigenvalue weighted by Gasteiger charge is -2.08. The van der Waals surface area contributed by atoms with Gasteiger partial charge in [0.05, 0.1) is 12.7 Å². The highest BCUT2D eigenvalue weighted by Crippen LogP contribution is 2.24. The monoisotopic (exact) mass is 312 g/mol. The Morgan fingerprint density at radius 3 is 3.00 bits per heavy atom. The Labute approximate surface area is 111 Å². The average Bonchev–Trinajstić information content (AvgIpc) is 2.81. The highest BCUT2D eigenvalue weighted by molar-refractivity contribution is 9.10. The molecule has 1 amide bonds. The minimum Gasteiger partial charge on any atom is -0.496 e. The van der Waals surface area contributed by atoms with Gasteiger partial charge in [-0.15, -0.1) is 11.3 Å². The molecule has 0 unspecified atom stereocenters. The van der Waals surface area contributed by atoms with Gasteiger partial charge in [0.15, 0.2) is 5.13 Å². The van der Waals surface area contributed by atoms with Crippen molar-refractivity contribution in [2.75, 3.05) is 12.4 Å². The third-order valence-electron chi connectivity index (χ3n) is 2.06. The molecule has 0 aliphatic rings. The lowest BCUT2D eigenvalue weighted by molar-refractivity contribution is 0.102. The number of aromatic nitrogens is 1. The topological polar surface area (TPSA) is 51.2 Å². The van der Waals surface area contributed by atoms with Crippen molar-refractivity contribution in [3.8, 4) is 5.75 Å². The molecule has 0 fully saturated rings. The van der Waals surface area contributed by atoms with E-state index in [2.05, 4.69) is 26.2 Å². The van der Waals surface area contributed by atoms with Crippen molar-refractivity contribution < 1.29 is 9.53 Å². The lowest BCUT2D eigenvalue weighted by Crippen LogP contribution is -2.12. The van der Waals surface area contributed by atoms with E-state index in [0.717, 1.165) is 4.47 Å². The predicted molar refractivity (Wildman–Crippen MR) is 70.8 cm³/mol. The van der Waals surface area contributed by atoms with E-state index in [-0.39, 0.29) is 5.91 Å². The quantitative estimate of drug-likeness (QED) is 0.947. The summed E-state index contributed by atoms with van der Waals surface area (Å²) in [4.78, 5) is 16.0. The van der Waals surface area contributed by atoms with Gasteiger partial charge >= 0.3 is 0 Å². The highest BCUT2D eigenvalue weighted by atomic mass is 79.9. The Morgan fingerprint density at radius 2 is 2.35 bits per heavy atom. The summed E-state index contributed by atoms with van der Waals surface area (Å²) in [6, 6.07) is 5.24. The van der Waals surface area contributed by atoms with Crippen LogP contribution in [0.4, 0.5) is 5.13 Å². The SMILES string of the molecule is COc1cc(Br)ccc1C(=O)Nc1nccs1. The van der Waals surface area contributed by atoms with E-state index >= 15 is 0 Å². The number of hydrogen-bond donors (Lipinski definition) is 1. The van der Waals surface area contributed by atoms with Crippen molar-refractivity contribution in [3.63, 3.8) is 0 Å². The van der Waals surface area contributed by atoms with E-state index in [9.17, 15) is 4.79 Å². The molecule has 2 aromatic rings. The second-order valence-electron chi connectivity index (χ2n) is 3.14. The number of amides is 1. The zero-order valence-corrected chi connectivity index (χ0v) is 11.3. The normalized spacial score (nSPS) is 10.0. The number of hydrogen-bond acceptors (Lipinski definition) is 4. The molecule has 0 spiro atoms. The van der Waals surface area contributed by atoms with Crippen LogP contribution in [-0.2, 0) is 0 Å². The molecule has 1 N–H and O–H groups in total. The first-order chi connectivity index (χ1) is 8.20. The molecule has 4 nitrogen and oxygen atoms in total. The molecule has 0 aliphatic carbocycles. The molecule has 1 aromatic heterocycles. The van der Waals surface area contributed by atoms with Crippen molar-refractivity contribution in [1.29, 1.82) is 0 Å². The second-order valence-corrected chi connectivity index (χ2v) is 4.95. The number of benzene rings is 1. The number of carbonyl (C=O) groups is 1. The zero-order valence-electron chi connectivity index (χ0n) is 8.94. The first kappa shape index (κ1) is 12.1. The summed E-state index contributed by atoms with van der Waals surface area (Å²) in [5.41, 5.74) is 0.478. The Morgan fingerprint density at radius 1 is 1.53 bits per heavy atom. The van der Waals surface area contributed by atoms with Crippen LogP contribution in [0.5, 0.6) is 5.75 Å². The molecule has 0 atom stereocenters. The Balaban J connectivity index is 2.24. The summed E-state index contributed by atoms with van der Waals surface area (Å²) in [6.45, 7) is 0. The Kier molecular flexibility index (Phi) is 3.75. The van der Waals surface area contributed by atoms with Crippen molar-refractivity contribution in [1.82, 2.24) is 4.98 Å². The number of anilines is 1. The molecule has 0 radical (unpaired) electrons. The van der Waals surface area contributed by atoms with Crippen molar-refractivity contribution in [2.24, 2.45) is 0 Å². The lowest BCUT2D eigenvalue weighted by atomic mass is 10.2. The third-order valence-corrected chi connectivity index (χ3v) is 3.24. The molecule has 0 saturated heterocycles. The molecule has 6 heteroatoms. The van der Waals surface area contributed by atoms with Gasteiger partial charge in [0.2, 0.25) is 0 Å². The number of ether oxygens (including phenoxy) is 1. The van der Waals surface area contributed by atoms with Gasteiger partial charge < -0.3 is 4.74 Å².